The first kappa shape index (κ1) is 28.3. The molecule has 4 aromatic rings. The molecule has 0 aliphatic rings. The molecule has 2 amide bonds. The fourth-order valence-corrected chi connectivity index (χ4v) is 3.51. The van der Waals surface area contributed by atoms with E-state index in [0.29, 0.717) is 22.6 Å². The highest BCUT2D eigenvalue weighted by molar-refractivity contribution is 6.05. The van der Waals surface area contributed by atoms with Crippen molar-refractivity contribution in [3.63, 3.8) is 0 Å². The summed E-state index contributed by atoms with van der Waals surface area (Å²) >= 11 is 0. The van der Waals surface area contributed by atoms with Gasteiger partial charge in [0.15, 0.2) is 0 Å². The van der Waals surface area contributed by atoms with Crippen molar-refractivity contribution < 1.29 is 23.5 Å². The summed E-state index contributed by atoms with van der Waals surface area (Å²) in [6, 6.07) is 26.1. The molecule has 0 fully saturated rings. The van der Waals surface area contributed by atoms with Crippen molar-refractivity contribution in [3.05, 3.63) is 131 Å². The molecule has 0 saturated carbocycles. The van der Waals surface area contributed by atoms with Crippen LogP contribution >= 0.6 is 0 Å². The van der Waals surface area contributed by atoms with Gasteiger partial charge in [-0.15, -0.1) is 0 Å². The third-order valence-electron chi connectivity index (χ3n) is 5.65. The Morgan fingerprint density at radius 3 is 2.22 bits per heavy atom. The van der Waals surface area contributed by atoms with Crippen LogP contribution in [0.5, 0.6) is 5.75 Å². The summed E-state index contributed by atoms with van der Waals surface area (Å²) in [5.41, 5.74) is 5.26. The van der Waals surface area contributed by atoms with Crippen molar-refractivity contribution in [2.75, 3.05) is 19.0 Å². The number of carbonyl (C=O) groups excluding carboxylic acids is 3. The maximum absolute atomic E-state index is 13.0. The van der Waals surface area contributed by atoms with E-state index in [0.717, 1.165) is 11.3 Å². The minimum atomic E-state index is -0.601. The average Bonchev–Trinajstić information content (AvgIpc) is 3.51. The Balaban J connectivity index is 1.41. The second kappa shape index (κ2) is 13.9. The lowest BCUT2D eigenvalue weighted by atomic mass is 10.1. The lowest BCUT2D eigenvalue weighted by molar-refractivity contribution is -0.128. The molecule has 1 heterocycles. The summed E-state index contributed by atoms with van der Waals surface area (Å²) in [5, 5.41) is 6.70. The number of anilines is 1. The van der Waals surface area contributed by atoms with E-state index in [1.807, 2.05) is 43.3 Å². The second-order valence-electron chi connectivity index (χ2n) is 8.90. The van der Waals surface area contributed by atoms with Gasteiger partial charge in [0.1, 0.15) is 17.2 Å². The van der Waals surface area contributed by atoms with Gasteiger partial charge in [-0.3, -0.25) is 9.59 Å². The fraction of sp³-hybridized carbons (Fsp3) is 0.0625. The number of nitrogens with zero attached hydrogens (tertiary/aromatic N) is 2. The number of furan rings is 1. The number of hydrogen-bond acceptors (Lipinski definition) is 7. The van der Waals surface area contributed by atoms with Crippen molar-refractivity contribution in [2.45, 2.75) is 0 Å². The molecular weight excluding hydrogens is 520 g/mol. The second-order valence-corrected chi connectivity index (χ2v) is 8.90. The van der Waals surface area contributed by atoms with Crippen LogP contribution in [0.15, 0.2) is 119 Å². The largest absolute Gasteiger partial charge is 0.465 e. The van der Waals surface area contributed by atoms with Gasteiger partial charge in [0.05, 0.1) is 12.5 Å². The molecule has 0 bridgehead atoms. The summed E-state index contributed by atoms with van der Waals surface area (Å²) in [5.74, 6) is -0.700. The van der Waals surface area contributed by atoms with E-state index in [1.54, 1.807) is 72.8 Å². The van der Waals surface area contributed by atoms with Crippen LogP contribution in [0.1, 0.15) is 27.2 Å². The Kier molecular flexibility index (Phi) is 9.60. The van der Waals surface area contributed by atoms with Crippen LogP contribution in [0.3, 0.4) is 0 Å². The molecule has 3 aromatic carbocycles. The number of esters is 1. The zero-order chi connectivity index (χ0) is 29.0. The number of hydrogen-bond donors (Lipinski definition) is 2. The highest BCUT2D eigenvalue weighted by Gasteiger charge is 2.14. The van der Waals surface area contributed by atoms with Gasteiger partial charge in [-0.05, 0) is 83.9 Å². The predicted molar refractivity (Wildman–Crippen MR) is 158 cm³/mol. The number of ether oxygens (including phenoxy) is 1. The molecule has 0 saturated heterocycles. The maximum atomic E-state index is 13.0. The monoisotopic (exact) mass is 548 g/mol. The number of hydrazone groups is 1. The van der Waals surface area contributed by atoms with Crippen molar-refractivity contribution in [1.82, 2.24) is 10.7 Å². The smallest absolute Gasteiger partial charge is 0.336 e. The minimum absolute atomic E-state index is 0.0264. The third-order valence-corrected chi connectivity index (χ3v) is 5.65. The number of nitrogens with one attached hydrogen (secondary N) is 2. The van der Waals surface area contributed by atoms with Crippen LogP contribution in [0, 0.1) is 0 Å². The van der Waals surface area contributed by atoms with Crippen molar-refractivity contribution >= 4 is 41.8 Å². The highest BCUT2D eigenvalue weighted by Crippen LogP contribution is 2.15. The first-order valence-corrected chi connectivity index (χ1v) is 12.6. The first-order valence-electron chi connectivity index (χ1n) is 12.6. The summed E-state index contributed by atoms with van der Waals surface area (Å²) in [6.07, 6.45) is 7.30. The number of carbonyl (C=O) groups is 3. The Morgan fingerprint density at radius 2 is 1.56 bits per heavy atom. The lowest BCUT2D eigenvalue weighted by Gasteiger charge is -2.12. The lowest BCUT2D eigenvalue weighted by Crippen LogP contribution is -2.32. The molecular formula is C32H28N4O5. The molecule has 9 heteroatoms. The number of amides is 2. The Labute approximate surface area is 237 Å². The third kappa shape index (κ3) is 8.66. The fourth-order valence-electron chi connectivity index (χ4n) is 3.51. The Bertz CT molecular complexity index is 1550. The standard InChI is InChI=1S/C32H28N4O5/c1-36(2)26-14-10-23(11-15-26)21-29(34-31(38)25-7-4-3-5-8-25)32(39)35-33-22-24-12-16-28(17-13-24)41-30(37)19-18-27-9-6-20-40-27/h3-22H,1-2H3,(H,34,38)(H,35,39)/b19-18+,29-21-,33-22+. The van der Waals surface area contributed by atoms with E-state index >= 15 is 0 Å². The number of rotatable bonds is 10. The molecule has 0 radical (unpaired) electrons. The van der Waals surface area contributed by atoms with Crippen molar-refractivity contribution in [2.24, 2.45) is 5.10 Å². The van der Waals surface area contributed by atoms with E-state index in [4.69, 9.17) is 9.15 Å². The minimum Gasteiger partial charge on any atom is -0.465 e. The molecule has 0 atom stereocenters. The molecule has 2 N–H and O–H groups in total. The van der Waals surface area contributed by atoms with Gasteiger partial charge < -0.3 is 19.4 Å². The van der Waals surface area contributed by atoms with Crippen LogP contribution in [-0.2, 0) is 9.59 Å². The normalized spacial score (nSPS) is 11.4. The molecule has 0 unspecified atom stereocenters. The quantitative estimate of drug-likeness (QED) is 0.0960. The highest BCUT2D eigenvalue weighted by atomic mass is 16.5. The summed E-state index contributed by atoms with van der Waals surface area (Å²) in [4.78, 5) is 39.7. The molecule has 206 valence electrons. The van der Waals surface area contributed by atoms with E-state index < -0.39 is 17.8 Å². The SMILES string of the molecule is CN(C)c1ccc(/C=C(\NC(=O)c2ccccc2)C(=O)N/N=C/c2ccc(OC(=O)/C=C/c3ccco3)cc2)cc1. The molecule has 4 rings (SSSR count). The van der Waals surface area contributed by atoms with Gasteiger partial charge in [-0.2, -0.15) is 5.10 Å². The zero-order valence-electron chi connectivity index (χ0n) is 22.5. The van der Waals surface area contributed by atoms with Gasteiger partial charge in [0.25, 0.3) is 11.8 Å². The van der Waals surface area contributed by atoms with Crippen molar-refractivity contribution in [1.29, 1.82) is 0 Å². The zero-order valence-corrected chi connectivity index (χ0v) is 22.5. The van der Waals surface area contributed by atoms with Crippen LogP contribution < -0.4 is 20.4 Å². The van der Waals surface area contributed by atoms with E-state index in [1.165, 1.54) is 24.6 Å². The van der Waals surface area contributed by atoms with Gasteiger partial charge >= 0.3 is 5.97 Å². The molecule has 1 aromatic heterocycles. The van der Waals surface area contributed by atoms with Crippen LogP contribution in [-0.4, -0.2) is 38.1 Å². The molecule has 0 aliphatic heterocycles. The summed E-state index contributed by atoms with van der Waals surface area (Å²) in [6.45, 7) is 0. The Hall–Kier alpha value is -5.70. The van der Waals surface area contributed by atoms with E-state index in [9.17, 15) is 14.4 Å². The maximum Gasteiger partial charge on any atom is 0.336 e. The van der Waals surface area contributed by atoms with Crippen molar-refractivity contribution in [3.8, 4) is 5.75 Å². The van der Waals surface area contributed by atoms with E-state index in [2.05, 4.69) is 15.8 Å². The molecule has 0 aliphatic carbocycles. The van der Waals surface area contributed by atoms with Gasteiger partial charge in [-0.1, -0.05) is 30.3 Å². The van der Waals surface area contributed by atoms with E-state index in [-0.39, 0.29) is 5.70 Å². The van der Waals surface area contributed by atoms with Crippen LogP contribution in [0.4, 0.5) is 5.69 Å². The topological polar surface area (TPSA) is 113 Å². The summed E-state index contributed by atoms with van der Waals surface area (Å²) in [7, 11) is 3.87. The van der Waals surface area contributed by atoms with Crippen LogP contribution in [0.2, 0.25) is 0 Å². The van der Waals surface area contributed by atoms with Gasteiger partial charge in [0.2, 0.25) is 0 Å². The Morgan fingerprint density at radius 1 is 0.854 bits per heavy atom. The van der Waals surface area contributed by atoms with Crippen LogP contribution in [0.25, 0.3) is 12.2 Å². The number of benzene rings is 3. The summed E-state index contributed by atoms with van der Waals surface area (Å²) < 4.78 is 10.4. The first-order chi connectivity index (χ1) is 19.9. The van der Waals surface area contributed by atoms with Gasteiger partial charge in [-0.25, -0.2) is 10.2 Å². The predicted octanol–water partition coefficient (Wildman–Crippen LogP) is 4.89. The molecule has 9 nitrogen and oxygen atoms in total. The average molecular weight is 549 g/mol. The van der Waals surface area contributed by atoms with Gasteiger partial charge in [0, 0.05) is 31.4 Å². The molecule has 0 spiro atoms. The molecule has 41 heavy (non-hydrogen) atoms.